The molecule has 0 saturated carbocycles. The number of aromatic amines is 2. The molecule has 0 aliphatic carbocycles. The van der Waals surface area contributed by atoms with E-state index < -0.39 is 5.91 Å². The Labute approximate surface area is 221 Å². The Morgan fingerprint density at radius 1 is 0.868 bits per heavy atom. The van der Waals surface area contributed by atoms with Crippen molar-refractivity contribution in [1.29, 1.82) is 0 Å². The van der Waals surface area contributed by atoms with Gasteiger partial charge < -0.3 is 20.5 Å². The Morgan fingerprint density at radius 2 is 1.68 bits per heavy atom. The predicted molar refractivity (Wildman–Crippen MR) is 152 cm³/mol. The maximum Gasteiger partial charge on any atom is 0.248 e. The van der Waals surface area contributed by atoms with Gasteiger partial charge in [0.25, 0.3) is 0 Å². The summed E-state index contributed by atoms with van der Waals surface area (Å²) in [6, 6.07) is 12.6. The molecule has 1 aliphatic heterocycles. The molecule has 2 aromatic carbocycles. The van der Waals surface area contributed by atoms with Crippen molar-refractivity contribution in [3.8, 4) is 33.4 Å². The quantitative estimate of drug-likeness (QED) is 0.319. The number of anilines is 1. The third-order valence-corrected chi connectivity index (χ3v) is 7.86. The van der Waals surface area contributed by atoms with Gasteiger partial charge in [0, 0.05) is 83.7 Å². The van der Waals surface area contributed by atoms with Gasteiger partial charge in [-0.3, -0.25) is 9.89 Å². The molecule has 8 heteroatoms. The molecule has 0 spiro atoms. The van der Waals surface area contributed by atoms with Crippen LogP contribution in [0.5, 0.6) is 0 Å². The fraction of sp³-hybridized carbons (Fsp3) is 0.233. The van der Waals surface area contributed by atoms with Gasteiger partial charge in [-0.05, 0) is 67.4 Å². The van der Waals surface area contributed by atoms with Crippen LogP contribution in [0.25, 0.3) is 44.4 Å². The topological polar surface area (TPSA) is 107 Å². The number of hydrogen-bond acceptors (Lipinski definition) is 5. The summed E-state index contributed by atoms with van der Waals surface area (Å²) in [5, 5.41) is 8.22. The number of H-pyrrole nitrogens is 2. The van der Waals surface area contributed by atoms with E-state index in [1.165, 1.54) is 5.69 Å². The van der Waals surface area contributed by atoms with Crippen LogP contribution in [0.3, 0.4) is 0 Å². The van der Waals surface area contributed by atoms with Crippen molar-refractivity contribution in [2.75, 3.05) is 38.1 Å². The summed E-state index contributed by atoms with van der Waals surface area (Å²) < 4.78 is 0. The predicted octanol–water partition coefficient (Wildman–Crippen LogP) is 4.75. The summed E-state index contributed by atoms with van der Waals surface area (Å²) in [6.07, 6.45) is 7.73. The number of hydrogen-bond donors (Lipinski definition) is 3. The van der Waals surface area contributed by atoms with E-state index in [9.17, 15) is 4.79 Å². The standard InChI is InChI=1S/C30H31N7O/c1-18-19(2)24(29(31)38)6-5-23(18)27-17-33-30-26(27)13-21(14-32-30)20-4-7-28(37-10-8-36(3)9-11-37)25(12-20)22-15-34-35-16-22/h4-7,12-17H,8-11H2,1-3H3,(H2,31,38)(H,32,33)(H,34,35). The van der Waals surface area contributed by atoms with Crippen molar-refractivity contribution in [3.05, 3.63) is 77.9 Å². The number of amides is 1. The van der Waals surface area contributed by atoms with Gasteiger partial charge in [-0.2, -0.15) is 5.10 Å². The number of nitrogens with one attached hydrogen (secondary N) is 2. The number of piperazine rings is 1. The molecule has 38 heavy (non-hydrogen) atoms. The molecule has 0 bridgehead atoms. The van der Waals surface area contributed by atoms with E-state index in [2.05, 4.69) is 56.3 Å². The van der Waals surface area contributed by atoms with Gasteiger partial charge in [0.15, 0.2) is 0 Å². The smallest absolute Gasteiger partial charge is 0.248 e. The Bertz CT molecular complexity index is 1640. The van der Waals surface area contributed by atoms with Crippen LogP contribution in [0, 0.1) is 13.8 Å². The second-order valence-corrected chi connectivity index (χ2v) is 10.1. The van der Waals surface area contributed by atoms with Crippen LogP contribution in [0.2, 0.25) is 0 Å². The van der Waals surface area contributed by atoms with E-state index in [4.69, 9.17) is 10.7 Å². The molecule has 1 aliphatic rings. The SMILES string of the molecule is Cc1c(C(N)=O)ccc(-c2c[nH]c3ncc(-c4ccc(N5CCN(C)CC5)c(-c5cn[nH]c5)c4)cc23)c1C. The number of primary amides is 1. The summed E-state index contributed by atoms with van der Waals surface area (Å²) >= 11 is 0. The molecule has 1 amide bonds. The monoisotopic (exact) mass is 505 g/mol. The largest absolute Gasteiger partial charge is 0.368 e. The normalized spacial score (nSPS) is 14.3. The number of benzene rings is 2. The average molecular weight is 506 g/mol. The lowest BCUT2D eigenvalue weighted by atomic mass is 9.92. The van der Waals surface area contributed by atoms with Crippen molar-refractivity contribution in [1.82, 2.24) is 25.1 Å². The molecule has 3 aromatic heterocycles. The van der Waals surface area contributed by atoms with Crippen LogP contribution in [-0.4, -0.2) is 64.2 Å². The number of aromatic nitrogens is 4. The second-order valence-electron chi connectivity index (χ2n) is 10.1. The molecular formula is C30H31N7O. The number of nitrogens with two attached hydrogens (primary N) is 1. The highest BCUT2D eigenvalue weighted by Crippen LogP contribution is 2.38. The van der Waals surface area contributed by atoms with Gasteiger partial charge in [-0.1, -0.05) is 12.1 Å². The van der Waals surface area contributed by atoms with Crippen molar-refractivity contribution < 1.29 is 4.79 Å². The zero-order valence-electron chi connectivity index (χ0n) is 21.9. The highest BCUT2D eigenvalue weighted by atomic mass is 16.1. The summed E-state index contributed by atoms with van der Waals surface area (Å²) in [6.45, 7) is 8.05. The lowest BCUT2D eigenvalue weighted by Gasteiger charge is -2.35. The molecular weight excluding hydrogens is 474 g/mol. The van der Waals surface area contributed by atoms with E-state index in [-0.39, 0.29) is 0 Å². The number of rotatable bonds is 5. The van der Waals surface area contributed by atoms with Crippen molar-refractivity contribution in [2.24, 2.45) is 5.73 Å². The fourth-order valence-corrected chi connectivity index (χ4v) is 5.43. The Kier molecular flexibility index (Phi) is 5.96. The van der Waals surface area contributed by atoms with Crippen LogP contribution >= 0.6 is 0 Å². The van der Waals surface area contributed by atoms with Gasteiger partial charge in [0.05, 0.1) is 6.20 Å². The molecule has 4 heterocycles. The summed E-state index contributed by atoms with van der Waals surface area (Å²) in [5.41, 5.74) is 16.6. The number of pyridine rings is 1. The minimum atomic E-state index is -0.409. The maximum absolute atomic E-state index is 11.8. The van der Waals surface area contributed by atoms with Crippen LogP contribution in [0.15, 0.2) is 61.2 Å². The highest BCUT2D eigenvalue weighted by molar-refractivity contribution is 5.99. The van der Waals surface area contributed by atoms with Crippen LogP contribution in [0.4, 0.5) is 5.69 Å². The lowest BCUT2D eigenvalue weighted by molar-refractivity contribution is 0.0999. The van der Waals surface area contributed by atoms with Crippen LogP contribution in [-0.2, 0) is 0 Å². The zero-order chi connectivity index (χ0) is 26.4. The summed E-state index contributed by atoms with van der Waals surface area (Å²) in [4.78, 5) is 24.7. The van der Waals surface area contributed by atoms with Gasteiger partial charge in [0.2, 0.25) is 5.91 Å². The summed E-state index contributed by atoms with van der Waals surface area (Å²) in [7, 11) is 2.17. The molecule has 0 radical (unpaired) electrons. The van der Waals surface area contributed by atoms with E-state index in [0.29, 0.717) is 5.56 Å². The van der Waals surface area contributed by atoms with Gasteiger partial charge >= 0.3 is 0 Å². The molecule has 0 unspecified atom stereocenters. The molecule has 6 rings (SSSR count). The second kappa shape index (κ2) is 9.46. The van der Waals surface area contributed by atoms with E-state index in [0.717, 1.165) is 81.7 Å². The lowest BCUT2D eigenvalue weighted by Crippen LogP contribution is -2.44. The minimum Gasteiger partial charge on any atom is -0.368 e. The first-order valence-corrected chi connectivity index (χ1v) is 12.9. The van der Waals surface area contributed by atoms with Crippen molar-refractivity contribution in [2.45, 2.75) is 13.8 Å². The van der Waals surface area contributed by atoms with Gasteiger partial charge in [0.1, 0.15) is 5.65 Å². The number of fused-ring (bicyclic) bond motifs is 1. The zero-order valence-corrected chi connectivity index (χ0v) is 21.9. The van der Waals surface area contributed by atoms with E-state index in [1.54, 1.807) is 0 Å². The molecule has 192 valence electrons. The molecule has 4 N–H and O–H groups in total. The minimum absolute atomic E-state index is 0.409. The highest BCUT2D eigenvalue weighted by Gasteiger charge is 2.20. The van der Waals surface area contributed by atoms with Crippen molar-refractivity contribution >= 4 is 22.6 Å². The fourth-order valence-electron chi connectivity index (χ4n) is 5.43. The number of nitrogens with zero attached hydrogens (tertiary/aromatic N) is 4. The third kappa shape index (κ3) is 4.13. The Balaban J connectivity index is 1.44. The van der Waals surface area contributed by atoms with E-state index >= 15 is 0 Å². The first-order valence-electron chi connectivity index (χ1n) is 12.9. The van der Waals surface area contributed by atoms with Crippen LogP contribution < -0.4 is 10.6 Å². The summed E-state index contributed by atoms with van der Waals surface area (Å²) in [5.74, 6) is -0.409. The first kappa shape index (κ1) is 23.9. The number of likely N-dealkylation sites (N-methyl/N-ethyl adjacent to an activating group) is 1. The molecule has 1 saturated heterocycles. The molecule has 5 aromatic rings. The Hall–Kier alpha value is -4.43. The number of carbonyl (C=O) groups is 1. The molecule has 1 fully saturated rings. The van der Waals surface area contributed by atoms with E-state index in [1.807, 2.05) is 50.8 Å². The first-order chi connectivity index (χ1) is 18.4. The molecule has 8 nitrogen and oxygen atoms in total. The van der Waals surface area contributed by atoms with Gasteiger partial charge in [-0.25, -0.2) is 4.98 Å². The maximum atomic E-state index is 11.8. The van der Waals surface area contributed by atoms with Crippen LogP contribution in [0.1, 0.15) is 21.5 Å². The average Bonchev–Trinajstić information content (AvgIpc) is 3.60. The number of carbonyl (C=O) groups excluding carboxylic acids is 1. The molecule has 0 atom stereocenters. The van der Waals surface area contributed by atoms with Gasteiger partial charge in [-0.15, -0.1) is 0 Å². The van der Waals surface area contributed by atoms with Crippen molar-refractivity contribution in [3.63, 3.8) is 0 Å². The third-order valence-electron chi connectivity index (χ3n) is 7.86. The Morgan fingerprint density at radius 3 is 2.42 bits per heavy atom.